The van der Waals surface area contributed by atoms with Crippen molar-refractivity contribution < 1.29 is 4.74 Å². The number of benzene rings is 1. The van der Waals surface area contributed by atoms with Crippen molar-refractivity contribution >= 4 is 17.0 Å². The first-order chi connectivity index (χ1) is 29.2. The molecule has 4 heterocycles. The van der Waals surface area contributed by atoms with Crippen LogP contribution in [0.1, 0.15) is 120 Å². The Morgan fingerprint density at radius 2 is 1.53 bits per heavy atom. The minimum absolute atomic E-state index is 0.00351. The molecule has 304 valence electrons. The number of allylic oxidation sites excluding steroid dienone is 8. The fourth-order valence-electron chi connectivity index (χ4n) is 13.7. The summed E-state index contributed by atoms with van der Waals surface area (Å²) >= 11 is 0. The minimum Gasteiger partial charge on any atom is -0.365 e. The van der Waals surface area contributed by atoms with Gasteiger partial charge >= 0.3 is 0 Å². The maximum atomic E-state index is 11.4. The molecule has 11 unspecified atom stereocenters. The summed E-state index contributed by atoms with van der Waals surface area (Å²) in [5, 5.41) is 25.1. The average Bonchev–Trinajstić information content (AvgIpc) is 3.97. The van der Waals surface area contributed by atoms with Crippen molar-refractivity contribution in [3.05, 3.63) is 124 Å². The second-order valence-corrected chi connectivity index (χ2v) is 19.3. The Bertz CT molecular complexity index is 2280. The molecule has 7 aliphatic carbocycles. The van der Waals surface area contributed by atoms with Gasteiger partial charge in [-0.05, 0) is 118 Å². The molecule has 7 nitrogen and oxygen atoms in total. The van der Waals surface area contributed by atoms with E-state index in [0.717, 1.165) is 37.7 Å². The molecule has 1 aromatic heterocycles. The van der Waals surface area contributed by atoms with Gasteiger partial charge in [0.25, 0.3) is 0 Å². The number of rotatable bonds is 5. The lowest BCUT2D eigenvalue weighted by molar-refractivity contribution is 0.0901. The van der Waals surface area contributed by atoms with Gasteiger partial charge in [0.2, 0.25) is 0 Å². The van der Waals surface area contributed by atoms with Crippen LogP contribution in [0.25, 0.3) is 17.0 Å². The molecule has 59 heavy (non-hydrogen) atoms. The third-order valence-electron chi connectivity index (χ3n) is 16.3. The van der Waals surface area contributed by atoms with Crippen LogP contribution >= 0.6 is 0 Å². The van der Waals surface area contributed by atoms with Crippen molar-refractivity contribution in [3.63, 3.8) is 0 Å². The monoisotopic (exact) mass is 784 g/mol. The Labute approximate surface area is 350 Å². The highest BCUT2D eigenvalue weighted by Gasteiger charge is 2.52. The summed E-state index contributed by atoms with van der Waals surface area (Å²) < 4.78 is 9.62. The lowest BCUT2D eigenvalue weighted by Gasteiger charge is -2.46. The molecule has 0 amide bonds. The topological polar surface area (TPSA) is 77.3 Å². The summed E-state index contributed by atoms with van der Waals surface area (Å²) in [5.74, 6) is 1.86. The lowest BCUT2D eigenvalue weighted by Crippen LogP contribution is -2.69. The van der Waals surface area contributed by atoms with Gasteiger partial charge in [0, 0.05) is 52.2 Å². The number of hydrogen-bond acceptors (Lipinski definition) is 6. The van der Waals surface area contributed by atoms with E-state index < -0.39 is 0 Å². The highest BCUT2D eigenvalue weighted by molar-refractivity contribution is 5.93. The number of para-hydroxylation sites is 1. The molecule has 3 aliphatic heterocycles. The number of nitriles is 1. The van der Waals surface area contributed by atoms with Crippen molar-refractivity contribution in [3.8, 4) is 6.07 Å². The minimum atomic E-state index is -0.119. The van der Waals surface area contributed by atoms with Gasteiger partial charge in [-0.1, -0.05) is 91.8 Å². The Kier molecular flexibility index (Phi) is 9.36. The van der Waals surface area contributed by atoms with Crippen molar-refractivity contribution in [1.29, 1.82) is 5.26 Å². The predicted octanol–water partition coefficient (Wildman–Crippen LogP) is 9.88. The van der Waals surface area contributed by atoms with Gasteiger partial charge in [0.15, 0.2) is 0 Å². The number of ether oxygens (including phenoxy) is 1. The second-order valence-electron chi connectivity index (χ2n) is 19.3. The van der Waals surface area contributed by atoms with E-state index in [2.05, 4.69) is 123 Å². The smallest absolute Gasteiger partial charge is 0.101 e. The van der Waals surface area contributed by atoms with Crippen LogP contribution in [-0.4, -0.2) is 52.3 Å². The van der Waals surface area contributed by atoms with Gasteiger partial charge in [-0.25, -0.2) is 0 Å². The molecular formula is C52H60N6O. The molecule has 7 heteroatoms. The van der Waals surface area contributed by atoms with Gasteiger partial charge in [0.05, 0.1) is 48.4 Å². The number of aromatic nitrogens is 1. The molecule has 0 bridgehead atoms. The Hall–Kier alpha value is -4.19. The summed E-state index contributed by atoms with van der Waals surface area (Å²) in [5.41, 5.74) is 10.5. The quantitative estimate of drug-likeness (QED) is 0.262. The SMILES string of the molecule is N#CC1=C(N2C3C=CCCC3C3CCCCC32)CC(n2c3c(c4ccccc42)C=CC2OC4C=CC=CC4C32)C(C2NC(C3=CCCCC3)NC(C3=CCCCC3)N2)=C1. The number of likely N-dealkylation sites (tertiary alicyclic amines) is 1. The third-order valence-corrected chi connectivity index (χ3v) is 16.3. The van der Waals surface area contributed by atoms with E-state index in [-0.39, 0.29) is 48.6 Å². The predicted molar refractivity (Wildman–Crippen MR) is 236 cm³/mol. The summed E-state index contributed by atoms with van der Waals surface area (Å²) in [4.78, 5) is 2.82. The van der Waals surface area contributed by atoms with Crippen LogP contribution in [0.5, 0.6) is 0 Å². The molecule has 3 N–H and O–H groups in total. The molecule has 1 aromatic carbocycles. The zero-order chi connectivity index (χ0) is 39.0. The van der Waals surface area contributed by atoms with Gasteiger partial charge < -0.3 is 14.2 Å². The largest absolute Gasteiger partial charge is 0.365 e. The van der Waals surface area contributed by atoms with Crippen LogP contribution in [0.4, 0.5) is 0 Å². The van der Waals surface area contributed by atoms with Crippen LogP contribution in [-0.2, 0) is 4.74 Å². The first-order valence-electron chi connectivity index (χ1n) is 23.5. The van der Waals surface area contributed by atoms with Crippen LogP contribution in [0.15, 0.2) is 113 Å². The normalized spacial score (nSPS) is 38.5. The first-order valence-corrected chi connectivity index (χ1v) is 23.5. The van der Waals surface area contributed by atoms with E-state index in [0.29, 0.717) is 23.9 Å². The van der Waals surface area contributed by atoms with Gasteiger partial charge in [-0.3, -0.25) is 16.0 Å². The fraction of sp³-hybridized carbons (Fsp3) is 0.519. The molecule has 2 aromatic rings. The van der Waals surface area contributed by atoms with Crippen LogP contribution in [0.3, 0.4) is 0 Å². The summed E-state index contributed by atoms with van der Waals surface area (Å²) in [6.45, 7) is 0. The Morgan fingerprint density at radius 3 is 2.32 bits per heavy atom. The molecular weight excluding hydrogens is 725 g/mol. The van der Waals surface area contributed by atoms with E-state index in [1.54, 1.807) is 0 Å². The van der Waals surface area contributed by atoms with E-state index >= 15 is 0 Å². The van der Waals surface area contributed by atoms with Crippen molar-refractivity contribution in [2.24, 2.45) is 17.8 Å². The maximum Gasteiger partial charge on any atom is 0.101 e. The van der Waals surface area contributed by atoms with E-state index in [4.69, 9.17) is 4.74 Å². The third kappa shape index (κ3) is 6.03. The highest BCUT2D eigenvalue weighted by Crippen LogP contribution is 2.55. The summed E-state index contributed by atoms with van der Waals surface area (Å²) in [6.07, 6.45) is 44.2. The number of nitrogens with zero attached hydrogens (tertiary/aromatic N) is 3. The summed E-state index contributed by atoms with van der Waals surface area (Å²) in [7, 11) is 0. The highest BCUT2D eigenvalue weighted by atomic mass is 16.5. The zero-order valence-electron chi connectivity index (χ0n) is 34.4. The summed E-state index contributed by atoms with van der Waals surface area (Å²) in [6, 6.07) is 12.9. The van der Waals surface area contributed by atoms with E-state index in [1.165, 1.54) is 109 Å². The van der Waals surface area contributed by atoms with Crippen LogP contribution < -0.4 is 16.0 Å². The second kappa shape index (κ2) is 15.1. The molecule has 10 aliphatic rings. The number of nitrogens with one attached hydrogen (secondary N) is 3. The first kappa shape index (κ1) is 36.6. The number of fused-ring (bicyclic) bond motifs is 10. The van der Waals surface area contributed by atoms with Gasteiger partial charge in [-0.2, -0.15) is 5.26 Å². The molecule has 12 rings (SSSR count). The maximum absolute atomic E-state index is 11.4. The molecule has 11 atom stereocenters. The molecule has 0 radical (unpaired) electrons. The molecule has 1 saturated carbocycles. The molecule has 0 spiro atoms. The lowest BCUT2D eigenvalue weighted by atomic mass is 9.75. The molecule has 4 fully saturated rings. The number of hydrogen-bond donors (Lipinski definition) is 3. The zero-order valence-corrected chi connectivity index (χ0v) is 34.4. The Morgan fingerprint density at radius 1 is 0.746 bits per heavy atom. The average molecular weight is 785 g/mol. The standard InChI is InChI=1S/C52H60N6O/c53-31-34-29-40(52-55-50(32-15-3-1-4-16-32)54-51(56-52)33-17-5-2-6-18-33)45(30-44(34)57-41-23-11-7-19-35(41)36-20-8-12-24-42(36)57)58-43-25-13-9-21-37(43)38-27-28-47-48(49(38)58)39-22-10-14-26-46(39)59-47/h9-11,13-15,17,21-23,25-29,35-36,39,41-42,45-48,50-52,54-56H,1-8,12,16,18-20,24,30H2. The van der Waals surface area contributed by atoms with Crippen molar-refractivity contribution in [2.75, 3.05) is 0 Å². The van der Waals surface area contributed by atoms with Crippen molar-refractivity contribution in [1.82, 2.24) is 25.4 Å². The van der Waals surface area contributed by atoms with Crippen molar-refractivity contribution in [2.45, 2.75) is 151 Å². The van der Waals surface area contributed by atoms with Gasteiger partial charge in [-0.15, -0.1) is 0 Å². The van der Waals surface area contributed by atoms with Crippen LogP contribution in [0, 0.1) is 29.1 Å². The molecule has 3 saturated heterocycles. The fourth-order valence-corrected chi connectivity index (χ4v) is 13.7. The van der Waals surface area contributed by atoms with E-state index in [1.807, 2.05) is 0 Å². The van der Waals surface area contributed by atoms with E-state index in [9.17, 15) is 5.26 Å². The van der Waals surface area contributed by atoms with Crippen LogP contribution in [0.2, 0.25) is 0 Å². The van der Waals surface area contributed by atoms with Gasteiger partial charge in [0.1, 0.15) is 6.07 Å². The Balaban J connectivity index is 1.05.